The van der Waals surface area contributed by atoms with Crippen molar-refractivity contribution in [3.8, 4) is 11.3 Å². The summed E-state index contributed by atoms with van der Waals surface area (Å²) in [4.78, 5) is 9.90. The molecular weight excluding hydrogens is 378 g/mol. The number of benzene rings is 4. The van der Waals surface area contributed by atoms with Crippen molar-refractivity contribution in [1.29, 1.82) is 0 Å². The summed E-state index contributed by atoms with van der Waals surface area (Å²) in [6, 6.07) is 34.1. The van der Waals surface area contributed by atoms with E-state index >= 15 is 0 Å². The highest BCUT2D eigenvalue weighted by molar-refractivity contribution is 6.14. The molecule has 0 aliphatic rings. The summed E-state index contributed by atoms with van der Waals surface area (Å²) in [5, 5.41) is 6.04. The topological polar surface area (TPSA) is 30.2 Å². The normalized spacial score (nSPS) is 11.9. The van der Waals surface area contributed by atoms with E-state index in [0.29, 0.717) is 0 Å². The van der Waals surface area contributed by atoms with Gasteiger partial charge in [0.2, 0.25) is 0 Å². The predicted octanol–water partition coefficient (Wildman–Crippen LogP) is 7.01. The molecule has 0 saturated heterocycles. The molecule has 3 heteroatoms. The maximum Gasteiger partial charge on any atom is 0.146 e. The fraction of sp³-hybridized carbons (Fsp3) is 0. The van der Waals surface area contributed by atoms with Crippen LogP contribution in [0, 0.1) is 0 Å². The van der Waals surface area contributed by atoms with Crippen molar-refractivity contribution in [2.45, 2.75) is 0 Å². The van der Waals surface area contributed by atoms with Gasteiger partial charge in [-0.2, -0.15) is 0 Å². The van der Waals surface area contributed by atoms with E-state index in [-0.39, 0.29) is 0 Å². The Hall–Kier alpha value is -4.24. The van der Waals surface area contributed by atoms with E-state index in [9.17, 15) is 0 Å². The Morgan fingerprint density at radius 3 is 2.26 bits per heavy atom. The number of pyridine rings is 2. The number of aromatic nitrogens is 3. The molecule has 4 aromatic carbocycles. The van der Waals surface area contributed by atoms with E-state index in [0.717, 1.165) is 38.8 Å². The fourth-order valence-corrected chi connectivity index (χ4v) is 4.80. The van der Waals surface area contributed by atoms with Gasteiger partial charge in [0.25, 0.3) is 0 Å². The summed E-state index contributed by atoms with van der Waals surface area (Å²) in [5.74, 6) is 0. The van der Waals surface area contributed by atoms with Gasteiger partial charge in [-0.05, 0) is 34.4 Å². The molecule has 0 saturated carbocycles. The Balaban J connectivity index is 1.69. The standard InChI is InChI=1S/C28H17N3/c1-2-8-19-17-20(14-13-18(19)7-1)26-27-24(15-16-29-26)30-28-23-11-4-3-9-21(23)22-10-5-6-12-25(22)31(27)28/h1-17H. The van der Waals surface area contributed by atoms with Crippen LogP contribution in [-0.2, 0) is 0 Å². The van der Waals surface area contributed by atoms with Gasteiger partial charge in [-0.3, -0.25) is 9.38 Å². The first kappa shape index (κ1) is 16.5. The van der Waals surface area contributed by atoms with Crippen LogP contribution in [0.5, 0.6) is 0 Å². The van der Waals surface area contributed by atoms with Gasteiger partial charge in [0.05, 0.1) is 22.2 Å². The van der Waals surface area contributed by atoms with E-state index < -0.39 is 0 Å². The van der Waals surface area contributed by atoms with E-state index in [2.05, 4.69) is 95.4 Å². The Bertz CT molecular complexity index is 1790. The van der Waals surface area contributed by atoms with E-state index in [1.165, 1.54) is 21.5 Å². The molecule has 0 N–H and O–H groups in total. The average molecular weight is 395 g/mol. The van der Waals surface area contributed by atoms with Crippen molar-refractivity contribution in [2.24, 2.45) is 0 Å². The number of hydrogen-bond acceptors (Lipinski definition) is 2. The third kappa shape index (κ3) is 2.29. The van der Waals surface area contributed by atoms with Gasteiger partial charge in [-0.15, -0.1) is 0 Å². The van der Waals surface area contributed by atoms with Crippen molar-refractivity contribution >= 4 is 49.1 Å². The minimum absolute atomic E-state index is 0.955. The molecule has 3 nitrogen and oxygen atoms in total. The van der Waals surface area contributed by atoms with Crippen LogP contribution in [0.2, 0.25) is 0 Å². The third-order valence-electron chi connectivity index (χ3n) is 6.19. The van der Waals surface area contributed by atoms with Crippen molar-refractivity contribution < 1.29 is 0 Å². The second-order valence-electron chi connectivity index (χ2n) is 7.92. The summed E-state index contributed by atoms with van der Waals surface area (Å²) in [6.07, 6.45) is 1.86. The van der Waals surface area contributed by atoms with E-state index in [4.69, 9.17) is 9.97 Å². The Labute approximate surface area is 178 Å². The lowest BCUT2D eigenvalue weighted by molar-refractivity contribution is 1.29. The zero-order chi connectivity index (χ0) is 20.4. The lowest BCUT2D eigenvalue weighted by atomic mass is 10.0. The number of para-hydroxylation sites is 1. The predicted molar refractivity (Wildman–Crippen MR) is 128 cm³/mol. The monoisotopic (exact) mass is 395 g/mol. The molecular formula is C28H17N3. The number of fused-ring (bicyclic) bond motifs is 9. The Morgan fingerprint density at radius 2 is 1.35 bits per heavy atom. The Morgan fingerprint density at radius 1 is 0.613 bits per heavy atom. The summed E-state index contributed by atoms with van der Waals surface area (Å²) in [7, 11) is 0. The first-order valence-electron chi connectivity index (χ1n) is 10.4. The first-order valence-corrected chi connectivity index (χ1v) is 10.4. The smallest absolute Gasteiger partial charge is 0.146 e. The van der Waals surface area contributed by atoms with Gasteiger partial charge in [0.1, 0.15) is 5.65 Å². The highest BCUT2D eigenvalue weighted by Crippen LogP contribution is 2.35. The molecule has 7 aromatic rings. The second-order valence-corrected chi connectivity index (χ2v) is 7.92. The van der Waals surface area contributed by atoms with Crippen LogP contribution >= 0.6 is 0 Å². The van der Waals surface area contributed by atoms with Crippen LogP contribution < -0.4 is 0 Å². The SMILES string of the molecule is c1ccc2cc(-c3nccc4nc5c6ccccc6c6ccccc6n5c34)ccc2c1. The summed E-state index contributed by atoms with van der Waals surface area (Å²) in [6.45, 7) is 0. The van der Waals surface area contributed by atoms with Crippen LogP contribution in [0.1, 0.15) is 0 Å². The molecule has 0 unspecified atom stereocenters. The summed E-state index contributed by atoms with van der Waals surface area (Å²) < 4.78 is 2.28. The minimum atomic E-state index is 0.955. The molecule has 31 heavy (non-hydrogen) atoms. The first-order chi connectivity index (χ1) is 15.4. The van der Waals surface area contributed by atoms with Crippen LogP contribution in [0.15, 0.2) is 103 Å². The van der Waals surface area contributed by atoms with Gasteiger partial charge in [-0.25, -0.2) is 4.98 Å². The average Bonchev–Trinajstić information content (AvgIpc) is 3.24. The van der Waals surface area contributed by atoms with E-state index in [1.54, 1.807) is 0 Å². The van der Waals surface area contributed by atoms with Crippen LogP contribution in [0.3, 0.4) is 0 Å². The number of hydrogen-bond donors (Lipinski definition) is 0. The fourth-order valence-electron chi connectivity index (χ4n) is 4.80. The van der Waals surface area contributed by atoms with Gasteiger partial charge in [0.15, 0.2) is 0 Å². The lowest BCUT2D eigenvalue weighted by Crippen LogP contribution is -1.94. The molecule has 0 amide bonds. The highest BCUT2D eigenvalue weighted by atomic mass is 15.0. The number of nitrogens with zero attached hydrogens (tertiary/aromatic N) is 3. The van der Waals surface area contributed by atoms with Crippen molar-refractivity contribution in [2.75, 3.05) is 0 Å². The summed E-state index contributed by atoms with van der Waals surface area (Å²) in [5.41, 5.74) is 6.18. The lowest BCUT2D eigenvalue weighted by Gasteiger charge is -2.10. The van der Waals surface area contributed by atoms with Gasteiger partial charge >= 0.3 is 0 Å². The molecule has 144 valence electrons. The summed E-state index contributed by atoms with van der Waals surface area (Å²) >= 11 is 0. The second kappa shape index (κ2) is 6.13. The zero-order valence-electron chi connectivity index (χ0n) is 16.7. The van der Waals surface area contributed by atoms with Crippen LogP contribution in [0.25, 0.3) is 60.4 Å². The Kier molecular flexibility index (Phi) is 3.27. The van der Waals surface area contributed by atoms with Gasteiger partial charge < -0.3 is 0 Å². The quantitative estimate of drug-likeness (QED) is 0.280. The zero-order valence-corrected chi connectivity index (χ0v) is 16.7. The maximum atomic E-state index is 5.06. The van der Waals surface area contributed by atoms with Gasteiger partial charge in [-0.1, -0.05) is 78.9 Å². The van der Waals surface area contributed by atoms with E-state index in [1.807, 2.05) is 12.3 Å². The number of rotatable bonds is 1. The maximum absolute atomic E-state index is 5.06. The molecule has 7 rings (SSSR count). The number of imidazole rings is 1. The van der Waals surface area contributed by atoms with Gasteiger partial charge in [0, 0.05) is 22.5 Å². The molecule has 3 aromatic heterocycles. The molecule has 0 bridgehead atoms. The third-order valence-corrected chi connectivity index (χ3v) is 6.19. The van der Waals surface area contributed by atoms with Crippen molar-refractivity contribution in [3.63, 3.8) is 0 Å². The van der Waals surface area contributed by atoms with Crippen LogP contribution in [-0.4, -0.2) is 14.4 Å². The molecule has 0 radical (unpaired) electrons. The molecule has 0 aliphatic heterocycles. The van der Waals surface area contributed by atoms with Crippen LogP contribution in [0.4, 0.5) is 0 Å². The molecule has 0 fully saturated rings. The largest absolute Gasteiger partial charge is 0.290 e. The van der Waals surface area contributed by atoms with Crippen molar-refractivity contribution in [1.82, 2.24) is 14.4 Å². The molecule has 3 heterocycles. The van der Waals surface area contributed by atoms with Crippen molar-refractivity contribution in [3.05, 3.63) is 103 Å². The highest BCUT2D eigenvalue weighted by Gasteiger charge is 2.17. The molecule has 0 atom stereocenters. The minimum Gasteiger partial charge on any atom is -0.290 e. The molecule has 0 aliphatic carbocycles. The molecule has 0 spiro atoms.